The van der Waals surface area contributed by atoms with E-state index in [1.54, 1.807) is 0 Å². The molecule has 1 aromatic carbocycles. The van der Waals surface area contributed by atoms with Crippen LogP contribution in [0.15, 0.2) is 30.3 Å². The Hall–Kier alpha value is -2.21. The minimum Gasteiger partial charge on any atom is -0.476 e. The molecule has 0 amide bonds. The highest BCUT2D eigenvalue weighted by Gasteiger charge is 2.18. The van der Waals surface area contributed by atoms with Crippen LogP contribution < -0.4 is 0 Å². The Balaban J connectivity index is 2.34. The first-order valence-electron chi connectivity index (χ1n) is 5.53. The van der Waals surface area contributed by atoms with Crippen molar-refractivity contribution < 1.29 is 15.0 Å². The standard InChI is InChI=1S/C12H13N3O3/c16-7-6-15-10(11(12(17)18)13-14-15)8-9-4-2-1-3-5-9/h1-5,16H,6-8H2,(H,17,18). The molecule has 0 atom stereocenters. The third kappa shape index (κ3) is 2.54. The molecule has 0 aliphatic rings. The van der Waals surface area contributed by atoms with Crippen LogP contribution in [0.1, 0.15) is 21.7 Å². The van der Waals surface area contributed by atoms with Gasteiger partial charge in [0.15, 0.2) is 5.69 Å². The van der Waals surface area contributed by atoms with Crippen molar-refractivity contribution in [1.82, 2.24) is 15.0 Å². The van der Waals surface area contributed by atoms with Gasteiger partial charge in [0.2, 0.25) is 0 Å². The van der Waals surface area contributed by atoms with E-state index in [0.29, 0.717) is 12.1 Å². The Morgan fingerprint density at radius 3 is 2.61 bits per heavy atom. The molecule has 1 heterocycles. The summed E-state index contributed by atoms with van der Waals surface area (Å²) in [6, 6.07) is 9.47. The zero-order valence-electron chi connectivity index (χ0n) is 9.65. The van der Waals surface area contributed by atoms with Crippen LogP contribution >= 0.6 is 0 Å². The fraction of sp³-hybridized carbons (Fsp3) is 0.250. The van der Waals surface area contributed by atoms with Gasteiger partial charge in [0.05, 0.1) is 18.8 Å². The third-order valence-corrected chi connectivity index (χ3v) is 2.57. The molecule has 6 nitrogen and oxygen atoms in total. The second-order valence-electron chi connectivity index (χ2n) is 3.80. The van der Waals surface area contributed by atoms with Gasteiger partial charge in [-0.05, 0) is 5.56 Å². The summed E-state index contributed by atoms with van der Waals surface area (Å²) in [5.74, 6) is -1.11. The number of aliphatic hydroxyl groups is 1. The minimum absolute atomic E-state index is 0.0627. The van der Waals surface area contributed by atoms with Gasteiger partial charge in [0, 0.05) is 6.42 Å². The van der Waals surface area contributed by atoms with Gasteiger partial charge < -0.3 is 10.2 Å². The Morgan fingerprint density at radius 1 is 1.28 bits per heavy atom. The lowest BCUT2D eigenvalue weighted by Crippen LogP contribution is -2.11. The summed E-state index contributed by atoms with van der Waals surface area (Å²) in [5.41, 5.74) is 1.41. The zero-order valence-corrected chi connectivity index (χ0v) is 9.65. The molecular weight excluding hydrogens is 234 g/mol. The number of carboxylic acid groups (broad SMARTS) is 1. The Labute approximate surface area is 103 Å². The maximum absolute atomic E-state index is 11.1. The molecule has 0 spiro atoms. The maximum atomic E-state index is 11.1. The second-order valence-corrected chi connectivity index (χ2v) is 3.80. The van der Waals surface area contributed by atoms with Gasteiger partial charge in [-0.3, -0.25) is 0 Å². The first-order valence-corrected chi connectivity index (χ1v) is 5.53. The molecule has 2 aromatic rings. The van der Waals surface area contributed by atoms with Crippen LogP contribution in [-0.4, -0.2) is 37.8 Å². The van der Waals surface area contributed by atoms with Crippen molar-refractivity contribution in [3.63, 3.8) is 0 Å². The number of nitrogens with zero attached hydrogens (tertiary/aromatic N) is 3. The van der Waals surface area contributed by atoms with E-state index in [2.05, 4.69) is 10.3 Å². The summed E-state index contributed by atoms with van der Waals surface area (Å²) >= 11 is 0. The fourth-order valence-corrected chi connectivity index (χ4v) is 1.74. The number of aromatic carboxylic acids is 1. The van der Waals surface area contributed by atoms with Gasteiger partial charge in [-0.15, -0.1) is 5.10 Å². The molecule has 0 bridgehead atoms. The molecule has 0 aliphatic heterocycles. The molecule has 0 saturated carbocycles. The number of aliphatic hydroxyl groups excluding tert-OH is 1. The Morgan fingerprint density at radius 2 is 2.00 bits per heavy atom. The molecule has 18 heavy (non-hydrogen) atoms. The van der Waals surface area contributed by atoms with Crippen molar-refractivity contribution in [3.05, 3.63) is 47.3 Å². The van der Waals surface area contributed by atoms with Crippen molar-refractivity contribution in [3.8, 4) is 0 Å². The first kappa shape index (κ1) is 12.3. The Kier molecular flexibility index (Phi) is 3.69. The average molecular weight is 247 g/mol. The molecule has 1 aromatic heterocycles. The molecule has 0 radical (unpaired) electrons. The van der Waals surface area contributed by atoms with Crippen molar-refractivity contribution in [2.45, 2.75) is 13.0 Å². The first-order chi connectivity index (χ1) is 8.72. The van der Waals surface area contributed by atoms with Crippen molar-refractivity contribution in [2.75, 3.05) is 6.61 Å². The van der Waals surface area contributed by atoms with Crippen LogP contribution in [-0.2, 0) is 13.0 Å². The van der Waals surface area contributed by atoms with E-state index in [1.165, 1.54) is 4.68 Å². The second kappa shape index (κ2) is 5.42. The summed E-state index contributed by atoms with van der Waals surface area (Å²) < 4.78 is 1.43. The van der Waals surface area contributed by atoms with Crippen LogP contribution in [0, 0.1) is 0 Å². The van der Waals surface area contributed by atoms with Crippen LogP contribution in [0.5, 0.6) is 0 Å². The topological polar surface area (TPSA) is 88.2 Å². The number of benzene rings is 1. The van der Waals surface area contributed by atoms with Crippen molar-refractivity contribution >= 4 is 5.97 Å². The monoisotopic (exact) mass is 247 g/mol. The van der Waals surface area contributed by atoms with E-state index in [9.17, 15) is 4.79 Å². The lowest BCUT2D eigenvalue weighted by Gasteiger charge is -2.05. The predicted molar refractivity (Wildman–Crippen MR) is 63.3 cm³/mol. The van der Waals surface area contributed by atoms with E-state index in [1.807, 2.05) is 30.3 Å². The van der Waals surface area contributed by atoms with E-state index < -0.39 is 5.97 Å². The normalized spacial score (nSPS) is 10.5. The number of rotatable bonds is 5. The number of carbonyl (C=O) groups is 1. The molecule has 94 valence electrons. The van der Waals surface area contributed by atoms with E-state index >= 15 is 0 Å². The molecular formula is C12H13N3O3. The minimum atomic E-state index is -1.11. The number of aromatic nitrogens is 3. The molecule has 6 heteroatoms. The summed E-state index contributed by atoms with van der Waals surface area (Å²) in [5, 5.41) is 25.4. The number of hydrogen-bond acceptors (Lipinski definition) is 4. The smallest absolute Gasteiger partial charge is 0.358 e. The highest BCUT2D eigenvalue weighted by molar-refractivity contribution is 5.86. The van der Waals surface area contributed by atoms with Gasteiger partial charge in [-0.2, -0.15) is 0 Å². The third-order valence-electron chi connectivity index (χ3n) is 2.57. The average Bonchev–Trinajstić information content (AvgIpc) is 2.74. The molecule has 2 rings (SSSR count). The zero-order chi connectivity index (χ0) is 13.0. The van der Waals surface area contributed by atoms with Gasteiger partial charge in [-0.1, -0.05) is 35.5 Å². The van der Waals surface area contributed by atoms with Gasteiger partial charge in [0.1, 0.15) is 0 Å². The van der Waals surface area contributed by atoms with Crippen LogP contribution in [0.25, 0.3) is 0 Å². The summed E-state index contributed by atoms with van der Waals surface area (Å²) in [7, 11) is 0. The molecule has 2 N–H and O–H groups in total. The van der Waals surface area contributed by atoms with Crippen LogP contribution in [0.4, 0.5) is 0 Å². The Bertz CT molecular complexity index is 537. The van der Waals surface area contributed by atoms with E-state index in [4.69, 9.17) is 10.2 Å². The van der Waals surface area contributed by atoms with Crippen LogP contribution in [0.2, 0.25) is 0 Å². The van der Waals surface area contributed by atoms with Gasteiger partial charge in [-0.25, -0.2) is 9.48 Å². The van der Waals surface area contributed by atoms with Gasteiger partial charge >= 0.3 is 5.97 Å². The van der Waals surface area contributed by atoms with Gasteiger partial charge in [0.25, 0.3) is 0 Å². The van der Waals surface area contributed by atoms with Crippen molar-refractivity contribution in [2.24, 2.45) is 0 Å². The highest BCUT2D eigenvalue weighted by Crippen LogP contribution is 2.12. The van der Waals surface area contributed by atoms with Crippen molar-refractivity contribution in [1.29, 1.82) is 0 Å². The molecule has 0 aliphatic carbocycles. The lowest BCUT2D eigenvalue weighted by atomic mass is 10.1. The maximum Gasteiger partial charge on any atom is 0.358 e. The molecule has 0 saturated heterocycles. The summed E-state index contributed by atoms with van der Waals surface area (Å²) in [6.07, 6.45) is 0.426. The highest BCUT2D eigenvalue weighted by atomic mass is 16.4. The molecule has 0 unspecified atom stereocenters. The summed E-state index contributed by atoms with van der Waals surface area (Å²) in [6.45, 7) is 0.132. The fourth-order valence-electron chi connectivity index (χ4n) is 1.74. The lowest BCUT2D eigenvalue weighted by molar-refractivity contribution is 0.0689. The van der Waals surface area contributed by atoms with E-state index in [-0.39, 0.29) is 18.8 Å². The van der Waals surface area contributed by atoms with Crippen LogP contribution in [0.3, 0.4) is 0 Å². The largest absolute Gasteiger partial charge is 0.476 e. The quantitative estimate of drug-likeness (QED) is 0.806. The number of carboxylic acids is 1. The predicted octanol–water partition coefficient (Wildman–Crippen LogP) is 0.559. The summed E-state index contributed by atoms with van der Waals surface area (Å²) in [4.78, 5) is 11.1. The molecule has 0 fully saturated rings. The van der Waals surface area contributed by atoms with E-state index in [0.717, 1.165) is 5.56 Å². The number of hydrogen-bond donors (Lipinski definition) is 2. The SMILES string of the molecule is O=C(O)c1nnn(CCO)c1Cc1ccccc1.